The molecule has 1 aromatic heterocycles. The number of benzene rings is 1. The van der Waals surface area contributed by atoms with E-state index in [0.717, 1.165) is 23.6 Å². The lowest BCUT2D eigenvalue weighted by Crippen LogP contribution is -2.09. The highest BCUT2D eigenvalue weighted by Crippen LogP contribution is 2.28. The lowest BCUT2D eigenvalue weighted by atomic mass is 10.1. The Hall–Kier alpha value is -2.01. The maximum Gasteiger partial charge on any atom is 0.167 e. The number of nitrogens with zero attached hydrogens (tertiary/aromatic N) is 3. The first kappa shape index (κ1) is 14.4. The van der Waals surface area contributed by atoms with E-state index in [9.17, 15) is 0 Å². The fourth-order valence-electron chi connectivity index (χ4n) is 2.05. The van der Waals surface area contributed by atoms with Crippen LogP contribution in [0.2, 0.25) is 0 Å². The first-order valence-electron chi connectivity index (χ1n) is 6.76. The third-order valence-corrected chi connectivity index (χ3v) is 3.07. The Kier molecular flexibility index (Phi) is 4.63. The van der Waals surface area contributed by atoms with Crippen LogP contribution in [0.3, 0.4) is 0 Å². The molecule has 1 heterocycles. The number of hydrogen-bond donors (Lipinski definition) is 1. The minimum absolute atomic E-state index is 0.523. The van der Waals surface area contributed by atoms with Crippen LogP contribution in [0.25, 0.3) is 11.4 Å². The van der Waals surface area contributed by atoms with Gasteiger partial charge in [-0.2, -0.15) is 0 Å². The molecule has 20 heavy (non-hydrogen) atoms. The van der Waals surface area contributed by atoms with Gasteiger partial charge in [0.05, 0.1) is 12.7 Å². The van der Waals surface area contributed by atoms with Gasteiger partial charge in [0.25, 0.3) is 0 Å². The van der Waals surface area contributed by atoms with Gasteiger partial charge in [-0.15, -0.1) is 0 Å². The van der Waals surface area contributed by atoms with Gasteiger partial charge in [0, 0.05) is 6.42 Å². The van der Waals surface area contributed by atoms with Gasteiger partial charge in [0.15, 0.2) is 5.82 Å². The van der Waals surface area contributed by atoms with Crippen LogP contribution in [-0.4, -0.2) is 28.6 Å². The number of methoxy groups -OCH3 is 1. The van der Waals surface area contributed by atoms with E-state index >= 15 is 0 Å². The average Bonchev–Trinajstić information content (AvgIpc) is 2.46. The fourth-order valence-corrected chi connectivity index (χ4v) is 2.05. The summed E-state index contributed by atoms with van der Waals surface area (Å²) in [5.74, 6) is 2.83. The number of aryl methyl sites for hydroxylation is 2. The molecule has 0 aliphatic rings. The van der Waals surface area contributed by atoms with Crippen molar-refractivity contribution < 1.29 is 4.74 Å². The third kappa shape index (κ3) is 3.11. The highest BCUT2D eigenvalue weighted by Gasteiger charge is 2.12. The SMILES string of the molecule is CCc1ccc(OC)c(-c2nc(C)nc(CCN)n2)c1. The zero-order valence-corrected chi connectivity index (χ0v) is 12.2. The Bertz CT molecular complexity index is 598. The second-order valence-electron chi connectivity index (χ2n) is 4.55. The van der Waals surface area contributed by atoms with Crippen LogP contribution in [0.1, 0.15) is 24.1 Å². The predicted octanol–water partition coefficient (Wildman–Crippen LogP) is 1.92. The van der Waals surface area contributed by atoms with E-state index in [1.807, 2.05) is 13.0 Å². The Morgan fingerprint density at radius 3 is 2.65 bits per heavy atom. The Balaban J connectivity index is 2.54. The normalized spacial score (nSPS) is 10.6. The molecule has 2 rings (SSSR count). The molecule has 0 fully saturated rings. The van der Waals surface area contributed by atoms with Crippen molar-refractivity contribution in [1.82, 2.24) is 15.0 Å². The maximum atomic E-state index is 5.58. The van der Waals surface area contributed by atoms with Gasteiger partial charge in [-0.1, -0.05) is 13.0 Å². The van der Waals surface area contributed by atoms with Crippen molar-refractivity contribution in [2.24, 2.45) is 5.73 Å². The molecule has 2 N–H and O–H groups in total. The van der Waals surface area contributed by atoms with Crippen molar-refractivity contribution >= 4 is 0 Å². The van der Waals surface area contributed by atoms with Crippen molar-refractivity contribution in [3.63, 3.8) is 0 Å². The average molecular weight is 272 g/mol. The fraction of sp³-hybridized carbons (Fsp3) is 0.400. The highest BCUT2D eigenvalue weighted by molar-refractivity contribution is 5.65. The molecule has 1 aromatic carbocycles. The monoisotopic (exact) mass is 272 g/mol. The summed E-state index contributed by atoms with van der Waals surface area (Å²) in [4.78, 5) is 13.2. The van der Waals surface area contributed by atoms with Crippen LogP contribution in [0.5, 0.6) is 5.75 Å². The van der Waals surface area contributed by atoms with Gasteiger partial charge in [-0.3, -0.25) is 0 Å². The summed E-state index contributed by atoms with van der Waals surface area (Å²) in [6.07, 6.45) is 1.60. The summed E-state index contributed by atoms with van der Waals surface area (Å²) in [7, 11) is 1.65. The number of hydrogen-bond acceptors (Lipinski definition) is 5. The van der Waals surface area contributed by atoms with Gasteiger partial charge in [-0.05, 0) is 37.6 Å². The van der Waals surface area contributed by atoms with Crippen LogP contribution in [0.4, 0.5) is 0 Å². The Morgan fingerprint density at radius 1 is 1.20 bits per heavy atom. The van der Waals surface area contributed by atoms with E-state index in [1.165, 1.54) is 5.56 Å². The van der Waals surface area contributed by atoms with Gasteiger partial charge >= 0.3 is 0 Å². The van der Waals surface area contributed by atoms with Crippen molar-refractivity contribution in [2.45, 2.75) is 26.7 Å². The molecule has 0 saturated heterocycles. The molecule has 0 radical (unpaired) electrons. The van der Waals surface area contributed by atoms with E-state index < -0.39 is 0 Å². The molecular weight excluding hydrogens is 252 g/mol. The molecule has 0 bridgehead atoms. The molecule has 0 saturated carbocycles. The molecule has 106 valence electrons. The van der Waals surface area contributed by atoms with E-state index in [2.05, 4.69) is 34.0 Å². The van der Waals surface area contributed by atoms with E-state index in [4.69, 9.17) is 10.5 Å². The van der Waals surface area contributed by atoms with Crippen molar-refractivity contribution in [2.75, 3.05) is 13.7 Å². The molecule has 0 spiro atoms. The zero-order valence-electron chi connectivity index (χ0n) is 12.2. The summed E-state index contributed by atoms with van der Waals surface area (Å²) in [5, 5.41) is 0. The largest absolute Gasteiger partial charge is 0.496 e. The first-order chi connectivity index (χ1) is 9.67. The van der Waals surface area contributed by atoms with E-state index in [0.29, 0.717) is 24.6 Å². The second-order valence-corrected chi connectivity index (χ2v) is 4.55. The molecule has 0 aliphatic carbocycles. The summed E-state index contributed by atoms with van der Waals surface area (Å²) in [5.41, 5.74) is 7.70. The molecule has 0 unspecified atom stereocenters. The van der Waals surface area contributed by atoms with Gasteiger partial charge < -0.3 is 10.5 Å². The lowest BCUT2D eigenvalue weighted by molar-refractivity contribution is 0.416. The van der Waals surface area contributed by atoms with Crippen LogP contribution in [0, 0.1) is 6.92 Å². The third-order valence-electron chi connectivity index (χ3n) is 3.07. The van der Waals surface area contributed by atoms with Crippen LogP contribution in [-0.2, 0) is 12.8 Å². The number of ether oxygens (including phenoxy) is 1. The molecule has 0 amide bonds. The molecule has 0 atom stereocenters. The lowest BCUT2D eigenvalue weighted by Gasteiger charge is -2.10. The van der Waals surface area contributed by atoms with Crippen molar-refractivity contribution in [1.29, 1.82) is 0 Å². The Labute approximate surface area is 119 Å². The molecule has 5 heteroatoms. The molecule has 5 nitrogen and oxygen atoms in total. The van der Waals surface area contributed by atoms with Crippen molar-refractivity contribution in [3.05, 3.63) is 35.4 Å². The first-order valence-corrected chi connectivity index (χ1v) is 6.76. The summed E-state index contributed by atoms with van der Waals surface area (Å²) in [6, 6.07) is 6.08. The predicted molar refractivity (Wildman–Crippen MR) is 78.7 cm³/mol. The minimum atomic E-state index is 0.523. The smallest absolute Gasteiger partial charge is 0.167 e. The quantitative estimate of drug-likeness (QED) is 0.900. The maximum absolute atomic E-state index is 5.58. The van der Waals surface area contributed by atoms with Crippen LogP contribution in [0.15, 0.2) is 18.2 Å². The molecule has 2 aromatic rings. The number of rotatable bonds is 5. The van der Waals surface area contributed by atoms with Gasteiger partial charge in [0.2, 0.25) is 0 Å². The van der Waals surface area contributed by atoms with Crippen LogP contribution < -0.4 is 10.5 Å². The summed E-state index contributed by atoms with van der Waals surface area (Å²) >= 11 is 0. The zero-order chi connectivity index (χ0) is 14.5. The van der Waals surface area contributed by atoms with Crippen molar-refractivity contribution in [3.8, 4) is 17.1 Å². The van der Waals surface area contributed by atoms with Gasteiger partial charge in [0.1, 0.15) is 17.4 Å². The summed E-state index contributed by atoms with van der Waals surface area (Å²) in [6.45, 7) is 4.50. The Morgan fingerprint density at radius 2 is 2.00 bits per heavy atom. The molecular formula is C15H20N4O. The van der Waals surface area contributed by atoms with E-state index in [1.54, 1.807) is 7.11 Å². The summed E-state index contributed by atoms with van der Waals surface area (Å²) < 4.78 is 5.41. The van der Waals surface area contributed by atoms with E-state index in [-0.39, 0.29) is 0 Å². The van der Waals surface area contributed by atoms with Crippen LogP contribution >= 0.6 is 0 Å². The number of nitrogens with two attached hydrogens (primary N) is 1. The standard InChI is InChI=1S/C15H20N4O/c1-4-11-5-6-13(20-3)12(9-11)15-18-10(2)17-14(19-15)7-8-16/h5-6,9H,4,7-8,16H2,1-3H3. The highest BCUT2D eigenvalue weighted by atomic mass is 16.5. The minimum Gasteiger partial charge on any atom is -0.496 e. The second kappa shape index (κ2) is 6.43. The van der Waals surface area contributed by atoms with Gasteiger partial charge in [-0.25, -0.2) is 15.0 Å². The number of aromatic nitrogens is 3. The molecule has 0 aliphatic heterocycles. The topological polar surface area (TPSA) is 73.9 Å².